The number of allylic oxidation sites excluding steroid dienone is 2. The molecule has 0 saturated carbocycles. The fourth-order valence-corrected chi connectivity index (χ4v) is 0.901. The Hall–Kier alpha value is -1.58. The Morgan fingerprint density at radius 1 is 1.06 bits per heavy atom. The van der Waals surface area contributed by atoms with Crippen molar-refractivity contribution in [3.05, 3.63) is 24.3 Å². The SMILES string of the molecule is C/C=C\C(=O)OCC(C)(C)OC(=O)/C=C\C. The minimum absolute atomic E-state index is 0.0272. The van der Waals surface area contributed by atoms with Gasteiger partial charge in [-0.1, -0.05) is 12.2 Å². The Kier molecular flexibility index (Phi) is 6.15. The van der Waals surface area contributed by atoms with Crippen molar-refractivity contribution in [3.8, 4) is 0 Å². The van der Waals surface area contributed by atoms with Gasteiger partial charge in [0.25, 0.3) is 0 Å². The summed E-state index contributed by atoms with van der Waals surface area (Å²) in [5, 5.41) is 0. The van der Waals surface area contributed by atoms with Crippen LogP contribution in [0.25, 0.3) is 0 Å². The summed E-state index contributed by atoms with van der Waals surface area (Å²) in [7, 11) is 0. The molecule has 0 bridgehead atoms. The van der Waals surface area contributed by atoms with Gasteiger partial charge < -0.3 is 9.47 Å². The highest BCUT2D eigenvalue weighted by Crippen LogP contribution is 2.10. The quantitative estimate of drug-likeness (QED) is 0.531. The van der Waals surface area contributed by atoms with E-state index in [0.717, 1.165) is 0 Å². The maximum absolute atomic E-state index is 11.2. The van der Waals surface area contributed by atoms with Gasteiger partial charge in [-0.05, 0) is 27.7 Å². The molecule has 0 atom stereocenters. The lowest BCUT2D eigenvalue weighted by Crippen LogP contribution is -2.33. The molecule has 0 aromatic carbocycles. The number of rotatable bonds is 5. The predicted molar refractivity (Wildman–Crippen MR) is 60.8 cm³/mol. The highest BCUT2D eigenvalue weighted by atomic mass is 16.6. The van der Waals surface area contributed by atoms with Crippen LogP contribution >= 0.6 is 0 Å². The molecular formula is C12H18O4. The monoisotopic (exact) mass is 226 g/mol. The van der Waals surface area contributed by atoms with Crippen LogP contribution in [-0.2, 0) is 19.1 Å². The highest BCUT2D eigenvalue weighted by Gasteiger charge is 2.23. The summed E-state index contributed by atoms with van der Waals surface area (Å²) in [6.45, 7) is 6.83. The van der Waals surface area contributed by atoms with Crippen LogP contribution in [0.5, 0.6) is 0 Å². The Balaban J connectivity index is 4.14. The van der Waals surface area contributed by atoms with Crippen molar-refractivity contribution < 1.29 is 19.1 Å². The Morgan fingerprint density at radius 3 is 2.06 bits per heavy atom. The van der Waals surface area contributed by atoms with Gasteiger partial charge in [-0.2, -0.15) is 0 Å². The van der Waals surface area contributed by atoms with Gasteiger partial charge in [0.1, 0.15) is 12.2 Å². The average molecular weight is 226 g/mol. The largest absolute Gasteiger partial charge is 0.458 e. The van der Waals surface area contributed by atoms with Crippen LogP contribution in [0.1, 0.15) is 27.7 Å². The van der Waals surface area contributed by atoms with E-state index in [2.05, 4.69) is 0 Å². The molecule has 4 heteroatoms. The fourth-order valence-electron chi connectivity index (χ4n) is 0.901. The lowest BCUT2D eigenvalue weighted by Gasteiger charge is -2.23. The molecule has 0 radical (unpaired) electrons. The van der Waals surface area contributed by atoms with Crippen LogP contribution < -0.4 is 0 Å². The van der Waals surface area contributed by atoms with Crippen LogP contribution in [0, 0.1) is 0 Å². The number of esters is 2. The Morgan fingerprint density at radius 2 is 1.56 bits per heavy atom. The minimum atomic E-state index is -0.826. The third kappa shape index (κ3) is 6.81. The van der Waals surface area contributed by atoms with Gasteiger partial charge in [0, 0.05) is 12.2 Å². The van der Waals surface area contributed by atoms with E-state index in [1.807, 2.05) is 0 Å². The van der Waals surface area contributed by atoms with Gasteiger partial charge in [0.2, 0.25) is 0 Å². The highest BCUT2D eigenvalue weighted by molar-refractivity contribution is 5.82. The number of carbonyl (C=O) groups is 2. The summed E-state index contributed by atoms with van der Waals surface area (Å²) in [6, 6.07) is 0. The minimum Gasteiger partial charge on any atom is -0.458 e. The molecule has 0 aromatic heterocycles. The molecule has 0 aromatic rings. The van der Waals surface area contributed by atoms with Gasteiger partial charge >= 0.3 is 11.9 Å². The molecule has 0 aliphatic heterocycles. The third-order valence-corrected chi connectivity index (χ3v) is 1.54. The Labute approximate surface area is 95.9 Å². The first-order chi connectivity index (χ1) is 7.41. The van der Waals surface area contributed by atoms with Crippen molar-refractivity contribution in [2.45, 2.75) is 33.3 Å². The number of ether oxygens (including phenoxy) is 2. The molecule has 0 fully saturated rings. The molecule has 0 N–H and O–H groups in total. The maximum Gasteiger partial charge on any atom is 0.331 e. The zero-order valence-electron chi connectivity index (χ0n) is 10.1. The second-order valence-electron chi connectivity index (χ2n) is 3.79. The van der Waals surface area contributed by atoms with E-state index < -0.39 is 17.5 Å². The van der Waals surface area contributed by atoms with Crippen molar-refractivity contribution in [2.24, 2.45) is 0 Å². The summed E-state index contributed by atoms with van der Waals surface area (Å²) in [5.74, 6) is -0.896. The summed E-state index contributed by atoms with van der Waals surface area (Å²) in [6.07, 6.45) is 5.80. The van der Waals surface area contributed by atoms with E-state index >= 15 is 0 Å². The molecule has 0 spiro atoms. The molecule has 0 amide bonds. The summed E-state index contributed by atoms with van der Waals surface area (Å²) < 4.78 is 9.98. The second-order valence-corrected chi connectivity index (χ2v) is 3.79. The molecule has 0 heterocycles. The molecule has 0 aliphatic rings. The van der Waals surface area contributed by atoms with Gasteiger partial charge in [-0.3, -0.25) is 0 Å². The molecule has 4 nitrogen and oxygen atoms in total. The first-order valence-electron chi connectivity index (χ1n) is 5.06. The first kappa shape index (κ1) is 14.4. The summed E-state index contributed by atoms with van der Waals surface area (Å²) >= 11 is 0. The van der Waals surface area contributed by atoms with Gasteiger partial charge in [-0.15, -0.1) is 0 Å². The molecule has 0 aliphatic carbocycles. The molecule has 0 saturated heterocycles. The van der Waals surface area contributed by atoms with Gasteiger partial charge in [0.15, 0.2) is 0 Å². The first-order valence-corrected chi connectivity index (χ1v) is 5.06. The van der Waals surface area contributed by atoms with Crippen molar-refractivity contribution in [2.75, 3.05) is 6.61 Å². The second kappa shape index (κ2) is 6.82. The van der Waals surface area contributed by atoms with E-state index in [0.29, 0.717) is 0 Å². The van der Waals surface area contributed by atoms with E-state index in [-0.39, 0.29) is 6.61 Å². The van der Waals surface area contributed by atoms with Crippen LogP contribution in [0.2, 0.25) is 0 Å². The Bertz CT molecular complexity index is 300. The van der Waals surface area contributed by atoms with Gasteiger partial charge in [0.05, 0.1) is 0 Å². The maximum atomic E-state index is 11.2. The molecule has 0 unspecified atom stereocenters. The lowest BCUT2D eigenvalue weighted by molar-refractivity contribution is -0.161. The van der Waals surface area contributed by atoms with Gasteiger partial charge in [-0.25, -0.2) is 9.59 Å². The average Bonchev–Trinajstić information content (AvgIpc) is 2.15. The smallest absolute Gasteiger partial charge is 0.331 e. The van der Waals surface area contributed by atoms with Crippen molar-refractivity contribution in [3.63, 3.8) is 0 Å². The summed E-state index contributed by atoms with van der Waals surface area (Å²) in [4.78, 5) is 22.2. The molecule has 0 rings (SSSR count). The van der Waals surface area contributed by atoms with Crippen LogP contribution in [0.4, 0.5) is 0 Å². The zero-order valence-corrected chi connectivity index (χ0v) is 10.1. The summed E-state index contributed by atoms with van der Waals surface area (Å²) in [5.41, 5.74) is -0.826. The van der Waals surface area contributed by atoms with Crippen molar-refractivity contribution in [1.29, 1.82) is 0 Å². The number of hydrogen-bond acceptors (Lipinski definition) is 4. The van der Waals surface area contributed by atoms with Crippen LogP contribution in [0.3, 0.4) is 0 Å². The van der Waals surface area contributed by atoms with Crippen LogP contribution in [-0.4, -0.2) is 24.1 Å². The molecule has 90 valence electrons. The number of carbonyl (C=O) groups excluding carboxylic acids is 2. The predicted octanol–water partition coefficient (Wildman–Crippen LogP) is 2.00. The lowest BCUT2D eigenvalue weighted by atomic mass is 10.1. The standard InChI is InChI=1S/C12H18O4/c1-5-7-10(13)15-9-12(3,4)16-11(14)8-6-2/h5-8H,9H2,1-4H3/b7-5-,8-6-. The fraction of sp³-hybridized carbons (Fsp3) is 0.500. The molecule has 16 heavy (non-hydrogen) atoms. The van der Waals surface area contributed by atoms with Crippen molar-refractivity contribution >= 4 is 11.9 Å². The van der Waals surface area contributed by atoms with E-state index in [1.165, 1.54) is 12.2 Å². The topological polar surface area (TPSA) is 52.6 Å². The zero-order chi connectivity index (χ0) is 12.6. The van der Waals surface area contributed by atoms with E-state index in [1.54, 1.807) is 39.8 Å². The third-order valence-electron chi connectivity index (χ3n) is 1.54. The van der Waals surface area contributed by atoms with E-state index in [9.17, 15) is 9.59 Å². The number of hydrogen-bond donors (Lipinski definition) is 0. The molecular weight excluding hydrogens is 208 g/mol. The normalized spacial score (nSPS) is 12.0. The van der Waals surface area contributed by atoms with Crippen molar-refractivity contribution in [1.82, 2.24) is 0 Å². The van der Waals surface area contributed by atoms with Crippen LogP contribution in [0.15, 0.2) is 24.3 Å². The van der Waals surface area contributed by atoms with E-state index in [4.69, 9.17) is 9.47 Å².